The zero-order valence-electron chi connectivity index (χ0n) is 16.2. The highest BCUT2D eigenvalue weighted by molar-refractivity contribution is 7.14. The lowest BCUT2D eigenvalue weighted by Crippen LogP contribution is -2.48. The maximum absolute atomic E-state index is 13.0. The zero-order valence-corrected chi connectivity index (χ0v) is 17.0. The van der Waals surface area contributed by atoms with Crippen molar-refractivity contribution in [2.75, 3.05) is 19.7 Å². The summed E-state index contributed by atoms with van der Waals surface area (Å²) in [7, 11) is 0. The van der Waals surface area contributed by atoms with Gasteiger partial charge in [-0.15, -0.1) is 11.3 Å². The van der Waals surface area contributed by atoms with Gasteiger partial charge in [0.2, 0.25) is 0 Å². The third-order valence-electron chi connectivity index (χ3n) is 5.71. The van der Waals surface area contributed by atoms with Gasteiger partial charge in [-0.1, -0.05) is 6.92 Å². The van der Waals surface area contributed by atoms with E-state index in [1.807, 2.05) is 22.7 Å². The molecular formula is C20H25N3O4S. The second-order valence-corrected chi connectivity index (χ2v) is 8.67. The van der Waals surface area contributed by atoms with Crippen molar-refractivity contribution in [3.05, 3.63) is 38.8 Å². The molecule has 4 rings (SSSR count). The summed E-state index contributed by atoms with van der Waals surface area (Å²) in [6, 6.07) is 1.78. The number of likely N-dealkylation sites (tertiary alicyclic amines) is 1. The first-order chi connectivity index (χ1) is 13.4. The molecule has 0 aromatic carbocycles. The number of thiophene rings is 1. The predicted molar refractivity (Wildman–Crippen MR) is 105 cm³/mol. The van der Waals surface area contributed by atoms with Crippen LogP contribution in [0.25, 0.3) is 0 Å². The number of piperidine rings is 1. The number of hydrogen-bond acceptors (Lipinski definition) is 5. The molecule has 2 aliphatic rings. The summed E-state index contributed by atoms with van der Waals surface area (Å²) in [5, 5.41) is 13.8. The van der Waals surface area contributed by atoms with Crippen LogP contribution < -0.4 is 0 Å². The lowest BCUT2D eigenvalue weighted by Gasteiger charge is -2.44. The highest BCUT2D eigenvalue weighted by Crippen LogP contribution is 2.44. The minimum Gasteiger partial charge on any atom is -0.477 e. The van der Waals surface area contributed by atoms with Gasteiger partial charge in [0.25, 0.3) is 5.91 Å². The number of aromatic nitrogens is 2. The Balaban J connectivity index is 1.51. The molecule has 0 aliphatic carbocycles. The molecule has 7 nitrogen and oxygen atoms in total. The maximum atomic E-state index is 13.0. The third kappa shape index (κ3) is 3.24. The van der Waals surface area contributed by atoms with Crippen molar-refractivity contribution in [3.8, 4) is 0 Å². The average molecular weight is 404 g/mol. The number of carbonyl (C=O) groups excluding carboxylic acids is 1. The van der Waals surface area contributed by atoms with Gasteiger partial charge in [0.15, 0.2) is 0 Å². The fourth-order valence-electron chi connectivity index (χ4n) is 4.25. The summed E-state index contributed by atoms with van der Waals surface area (Å²) in [5.74, 6) is -0.871. The summed E-state index contributed by atoms with van der Waals surface area (Å²) in [6.07, 6.45) is 4.94. The van der Waals surface area contributed by atoms with Gasteiger partial charge in [-0.25, -0.2) is 4.79 Å². The predicted octanol–water partition coefficient (Wildman–Crippen LogP) is 3.07. The van der Waals surface area contributed by atoms with Crippen LogP contribution in [-0.4, -0.2) is 51.4 Å². The van der Waals surface area contributed by atoms with Crippen molar-refractivity contribution in [1.29, 1.82) is 0 Å². The molecule has 0 radical (unpaired) electrons. The number of hydrogen-bond donors (Lipinski definition) is 1. The molecule has 0 atom stereocenters. The van der Waals surface area contributed by atoms with Crippen molar-refractivity contribution < 1.29 is 19.4 Å². The fraction of sp³-hybridized carbons (Fsp3) is 0.550. The SMILES string of the molecule is CCCn1cc(C(=O)N2CCC3(CC2)OCCc2sc(C(=O)O)cc23)c(C)n1. The molecule has 0 saturated carbocycles. The zero-order chi connectivity index (χ0) is 19.9. The highest BCUT2D eigenvalue weighted by Gasteiger charge is 2.43. The molecule has 1 N–H and O–H groups in total. The first-order valence-corrected chi connectivity index (χ1v) is 10.6. The fourth-order valence-corrected chi connectivity index (χ4v) is 5.32. The number of carboxylic acid groups (broad SMARTS) is 1. The van der Waals surface area contributed by atoms with Gasteiger partial charge in [-0.2, -0.15) is 5.10 Å². The van der Waals surface area contributed by atoms with Crippen LogP contribution in [0.15, 0.2) is 12.3 Å². The largest absolute Gasteiger partial charge is 0.477 e. The summed E-state index contributed by atoms with van der Waals surface area (Å²) in [6.45, 7) is 6.55. The van der Waals surface area contributed by atoms with Gasteiger partial charge in [0, 0.05) is 37.1 Å². The van der Waals surface area contributed by atoms with E-state index in [1.54, 1.807) is 6.07 Å². The Morgan fingerprint density at radius 2 is 2.11 bits per heavy atom. The first-order valence-electron chi connectivity index (χ1n) is 9.77. The quantitative estimate of drug-likeness (QED) is 0.848. The number of aryl methyl sites for hydroxylation is 2. The number of carboxylic acids is 1. The molecule has 28 heavy (non-hydrogen) atoms. The van der Waals surface area contributed by atoms with E-state index in [0.717, 1.165) is 35.5 Å². The van der Waals surface area contributed by atoms with Crippen LogP contribution in [0, 0.1) is 6.92 Å². The van der Waals surface area contributed by atoms with E-state index in [-0.39, 0.29) is 5.91 Å². The Morgan fingerprint density at radius 1 is 1.36 bits per heavy atom. The Hall–Kier alpha value is -2.19. The summed E-state index contributed by atoms with van der Waals surface area (Å²) >= 11 is 1.35. The van der Waals surface area contributed by atoms with Crippen molar-refractivity contribution in [1.82, 2.24) is 14.7 Å². The topological polar surface area (TPSA) is 84.7 Å². The smallest absolute Gasteiger partial charge is 0.345 e. The van der Waals surface area contributed by atoms with Gasteiger partial charge >= 0.3 is 5.97 Å². The van der Waals surface area contributed by atoms with Gasteiger partial charge in [-0.05, 0) is 37.8 Å². The van der Waals surface area contributed by atoms with Crippen LogP contribution in [0.5, 0.6) is 0 Å². The molecule has 1 amide bonds. The molecule has 1 spiro atoms. The molecule has 1 saturated heterocycles. The number of ether oxygens (including phenoxy) is 1. The Bertz CT molecular complexity index is 909. The van der Waals surface area contributed by atoms with E-state index >= 15 is 0 Å². The highest BCUT2D eigenvalue weighted by atomic mass is 32.1. The second-order valence-electron chi connectivity index (χ2n) is 7.53. The molecule has 8 heteroatoms. The van der Waals surface area contributed by atoms with Gasteiger partial charge in [0.1, 0.15) is 4.88 Å². The van der Waals surface area contributed by atoms with E-state index in [1.165, 1.54) is 11.3 Å². The van der Waals surface area contributed by atoms with Gasteiger partial charge in [-0.3, -0.25) is 9.48 Å². The number of aromatic carboxylic acids is 1. The van der Waals surface area contributed by atoms with Crippen molar-refractivity contribution in [3.63, 3.8) is 0 Å². The molecule has 4 heterocycles. The number of amides is 1. The lowest BCUT2D eigenvalue weighted by atomic mass is 9.82. The minimum atomic E-state index is -0.887. The third-order valence-corrected chi connectivity index (χ3v) is 6.89. The van der Waals surface area contributed by atoms with E-state index in [2.05, 4.69) is 12.0 Å². The first kappa shape index (κ1) is 19.1. The number of carbonyl (C=O) groups is 2. The maximum Gasteiger partial charge on any atom is 0.345 e. The molecule has 2 aliphatic heterocycles. The van der Waals surface area contributed by atoms with Crippen molar-refractivity contribution >= 4 is 23.2 Å². The number of nitrogens with zero attached hydrogens (tertiary/aromatic N) is 3. The van der Waals surface area contributed by atoms with Crippen LogP contribution in [0.4, 0.5) is 0 Å². The normalized spacial score (nSPS) is 18.3. The number of rotatable bonds is 4. The molecule has 1 fully saturated rings. The molecule has 150 valence electrons. The monoisotopic (exact) mass is 403 g/mol. The lowest BCUT2D eigenvalue weighted by molar-refractivity contribution is -0.0926. The minimum absolute atomic E-state index is 0.0160. The number of fused-ring (bicyclic) bond motifs is 2. The summed E-state index contributed by atoms with van der Waals surface area (Å²) in [4.78, 5) is 27.7. The molecule has 0 unspecified atom stereocenters. The van der Waals surface area contributed by atoms with E-state index in [9.17, 15) is 14.7 Å². The van der Waals surface area contributed by atoms with Crippen molar-refractivity contribution in [2.24, 2.45) is 0 Å². The molecule has 0 bridgehead atoms. The van der Waals surface area contributed by atoms with E-state index in [0.29, 0.717) is 43.0 Å². The van der Waals surface area contributed by atoms with Crippen LogP contribution in [0.3, 0.4) is 0 Å². The van der Waals surface area contributed by atoms with Crippen LogP contribution in [-0.2, 0) is 23.3 Å². The van der Waals surface area contributed by atoms with Crippen LogP contribution in [0.2, 0.25) is 0 Å². The van der Waals surface area contributed by atoms with Crippen molar-refractivity contribution in [2.45, 2.75) is 51.7 Å². The second kappa shape index (κ2) is 7.33. The summed E-state index contributed by atoms with van der Waals surface area (Å²) in [5.41, 5.74) is 1.98. The van der Waals surface area contributed by atoms with E-state index < -0.39 is 11.6 Å². The Morgan fingerprint density at radius 3 is 2.79 bits per heavy atom. The van der Waals surface area contributed by atoms with Crippen LogP contribution in [0.1, 0.15) is 62.4 Å². The molecule has 2 aromatic heterocycles. The average Bonchev–Trinajstić information content (AvgIpc) is 3.27. The summed E-state index contributed by atoms with van der Waals surface area (Å²) < 4.78 is 8.02. The Labute approximate surface area is 167 Å². The van der Waals surface area contributed by atoms with Crippen LogP contribution >= 0.6 is 11.3 Å². The van der Waals surface area contributed by atoms with Gasteiger partial charge in [0.05, 0.1) is 23.5 Å². The molecule has 2 aromatic rings. The molecular weight excluding hydrogens is 378 g/mol. The van der Waals surface area contributed by atoms with Gasteiger partial charge < -0.3 is 14.7 Å². The standard InChI is InChI=1S/C20H25N3O4S/c1-3-7-23-12-14(13(2)21-23)18(24)22-8-5-20(6-9-22)15-11-17(19(25)26)28-16(15)4-10-27-20/h11-12H,3-10H2,1-2H3,(H,25,26). The Kier molecular flexibility index (Phi) is 5.01. The van der Waals surface area contributed by atoms with E-state index in [4.69, 9.17) is 4.74 Å².